The minimum atomic E-state index is 0.169. The molecule has 1 saturated carbocycles. The fourth-order valence-electron chi connectivity index (χ4n) is 3.68. The number of pyridine rings is 1. The number of carbonyl (C=O) groups is 1. The highest BCUT2D eigenvalue weighted by molar-refractivity contribution is 5.77. The van der Waals surface area contributed by atoms with Crippen LogP contribution in [0.1, 0.15) is 31.0 Å². The van der Waals surface area contributed by atoms with Gasteiger partial charge in [-0.25, -0.2) is 4.98 Å². The molecule has 5 rings (SSSR count). The number of piperazine rings is 1. The van der Waals surface area contributed by atoms with Gasteiger partial charge < -0.3 is 15.1 Å². The predicted molar refractivity (Wildman–Crippen MR) is 109 cm³/mol. The van der Waals surface area contributed by atoms with Crippen LogP contribution in [0.2, 0.25) is 0 Å². The van der Waals surface area contributed by atoms with Crippen molar-refractivity contribution >= 4 is 23.2 Å². The number of aromatic nitrogens is 5. The molecule has 1 N–H and O–H groups in total. The van der Waals surface area contributed by atoms with E-state index in [1.165, 1.54) is 0 Å². The summed E-state index contributed by atoms with van der Waals surface area (Å²) in [5, 5.41) is 16.3. The van der Waals surface area contributed by atoms with E-state index in [0.29, 0.717) is 18.9 Å². The van der Waals surface area contributed by atoms with E-state index in [-0.39, 0.29) is 5.91 Å². The van der Waals surface area contributed by atoms with Gasteiger partial charge in [0.15, 0.2) is 11.5 Å². The van der Waals surface area contributed by atoms with Crippen LogP contribution in [0.25, 0.3) is 5.65 Å². The zero-order valence-corrected chi connectivity index (χ0v) is 16.2. The molecule has 1 aliphatic heterocycles. The van der Waals surface area contributed by atoms with E-state index in [1.807, 2.05) is 39.7 Å². The molecule has 0 spiro atoms. The van der Waals surface area contributed by atoms with E-state index in [9.17, 15) is 4.79 Å². The first kappa shape index (κ1) is 17.8. The normalized spacial score (nSPS) is 17.0. The number of hydrogen-bond donors (Lipinski definition) is 1. The third-order valence-electron chi connectivity index (χ3n) is 5.48. The van der Waals surface area contributed by atoms with Crippen molar-refractivity contribution in [3.63, 3.8) is 0 Å². The highest BCUT2D eigenvalue weighted by Gasteiger charge is 2.29. The molecule has 2 fully saturated rings. The Balaban J connectivity index is 1.12. The largest absolute Gasteiger partial charge is 0.368 e. The van der Waals surface area contributed by atoms with Gasteiger partial charge in [-0.15, -0.1) is 15.3 Å². The standard InChI is InChI=1S/C20H24N8O/c29-19(27-13-11-26(12-14-27)17-3-1-2-9-22-17)8-10-21-16-6-7-18-23-24-20(15-4-5-15)28(18)25-16/h1-3,6-7,9,15H,4-5,8,10-14H2,(H,21,25). The van der Waals surface area contributed by atoms with Gasteiger partial charge in [-0.3, -0.25) is 4.79 Å². The maximum absolute atomic E-state index is 12.6. The Labute approximate surface area is 168 Å². The minimum Gasteiger partial charge on any atom is -0.368 e. The molecule has 0 aromatic carbocycles. The lowest BCUT2D eigenvalue weighted by Crippen LogP contribution is -2.49. The fraction of sp³-hybridized carbons (Fsp3) is 0.450. The van der Waals surface area contributed by atoms with Crippen LogP contribution in [0.4, 0.5) is 11.6 Å². The number of carbonyl (C=O) groups excluding carboxylic acids is 1. The second-order valence-electron chi connectivity index (χ2n) is 7.55. The van der Waals surface area contributed by atoms with Crippen molar-refractivity contribution in [3.8, 4) is 0 Å². The Morgan fingerprint density at radius 1 is 1.07 bits per heavy atom. The summed E-state index contributed by atoms with van der Waals surface area (Å²) in [4.78, 5) is 21.1. The quantitative estimate of drug-likeness (QED) is 0.680. The Bertz CT molecular complexity index is 992. The van der Waals surface area contributed by atoms with Gasteiger partial charge in [-0.2, -0.15) is 4.52 Å². The Morgan fingerprint density at radius 3 is 2.69 bits per heavy atom. The molecule has 3 aromatic rings. The number of rotatable bonds is 6. The molecular weight excluding hydrogens is 368 g/mol. The number of nitrogens with zero attached hydrogens (tertiary/aromatic N) is 7. The van der Waals surface area contributed by atoms with Crippen molar-refractivity contribution in [1.82, 2.24) is 29.7 Å². The van der Waals surface area contributed by atoms with Crippen LogP contribution in [-0.4, -0.2) is 68.3 Å². The molecule has 4 heterocycles. The number of amides is 1. The summed E-state index contributed by atoms with van der Waals surface area (Å²) in [6.45, 7) is 3.63. The Hall–Kier alpha value is -3.23. The van der Waals surface area contributed by atoms with E-state index in [0.717, 1.165) is 62.1 Å². The summed E-state index contributed by atoms with van der Waals surface area (Å²) in [7, 11) is 0. The van der Waals surface area contributed by atoms with Crippen molar-refractivity contribution < 1.29 is 4.79 Å². The first-order valence-corrected chi connectivity index (χ1v) is 10.2. The molecule has 2 aliphatic rings. The zero-order valence-electron chi connectivity index (χ0n) is 16.2. The molecule has 1 aliphatic carbocycles. The summed E-state index contributed by atoms with van der Waals surface area (Å²) >= 11 is 0. The van der Waals surface area contributed by atoms with Gasteiger partial charge in [0.25, 0.3) is 0 Å². The molecular formula is C20H24N8O. The fourth-order valence-corrected chi connectivity index (χ4v) is 3.68. The van der Waals surface area contributed by atoms with E-state index in [2.05, 4.69) is 30.5 Å². The molecule has 9 nitrogen and oxygen atoms in total. The maximum Gasteiger partial charge on any atom is 0.224 e. The van der Waals surface area contributed by atoms with Gasteiger partial charge in [0.2, 0.25) is 5.91 Å². The van der Waals surface area contributed by atoms with Crippen molar-refractivity contribution in [1.29, 1.82) is 0 Å². The van der Waals surface area contributed by atoms with E-state index in [4.69, 9.17) is 0 Å². The topological polar surface area (TPSA) is 91.5 Å². The van der Waals surface area contributed by atoms with Crippen molar-refractivity contribution in [3.05, 3.63) is 42.4 Å². The third-order valence-corrected chi connectivity index (χ3v) is 5.48. The molecule has 0 unspecified atom stereocenters. The Kier molecular flexibility index (Phi) is 4.71. The van der Waals surface area contributed by atoms with E-state index in [1.54, 1.807) is 6.20 Å². The van der Waals surface area contributed by atoms with Crippen LogP contribution in [0.3, 0.4) is 0 Å². The number of nitrogens with one attached hydrogen (secondary N) is 1. The van der Waals surface area contributed by atoms with Gasteiger partial charge in [0.1, 0.15) is 11.6 Å². The number of hydrogen-bond acceptors (Lipinski definition) is 7. The van der Waals surface area contributed by atoms with Crippen molar-refractivity contribution in [2.45, 2.75) is 25.2 Å². The van der Waals surface area contributed by atoms with Crippen LogP contribution < -0.4 is 10.2 Å². The smallest absolute Gasteiger partial charge is 0.224 e. The molecule has 0 atom stereocenters. The average Bonchev–Trinajstić information content (AvgIpc) is 3.53. The van der Waals surface area contributed by atoms with Gasteiger partial charge in [-0.1, -0.05) is 6.07 Å². The van der Waals surface area contributed by atoms with Gasteiger partial charge >= 0.3 is 0 Å². The molecule has 3 aromatic heterocycles. The highest BCUT2D eigenvalue weighted by Crippen LogP contribution is 2.38. The average molecular weight is 392 g/mol. The Morgan fingerprint density at radius 2 is 1.93 bits per heavy atom. The van der Waals surface area contributed by atoms with E-state index < -0.39 is 0 Å². The molecule has 9 heteroatoms. The van der Waals surface area contributed by atoms with E-state index >= 15 is 0 Å². The first-order valence-electron chi connectivity index (χ1n) is 10.2. The monoisotopic (exact) mass is 392 g/mol. The maximum atomic E-state index is 12.6. The molecule has 0 radical (unpaired) electrons. The van der Waals surface area contributed by atoms with Gasteiger partial charge in [-0.05, 0) is 37.1 Å². The summed E-state index contributed by atoms with van der Waals surface area (Å²) in [5.41, 5.74) is 0.763. The van der Waals surface area contributed by atoms with Crippen molar-refractivity contribution in [2.24, 2.45) is 0 Å². The molecule has 1 saturated heterocycles. The molecule has 29 heavy (non-hydrogen) atoms. The lowest BCUT2D eigenvalue weighted by molar-refractivity contribution is -0.131. The van der Waals surface area contributed by atoms with Gasteiger partial charge in [0.05, 0.1) is 0 Å². The number of fused-ring (bicyclic) bond motifs is 1. The van der Waals surface area contributed by atoms with Crippen LogP contribution >= 0.6 is 0 Å². The molecule has 1 amide bonds. The molecule has 150 valence electrons. The number of anilines is 2. The second kappa shape index (κ2) is 7.65. The van der Waals surface area contributed by atoms with Crippen LogP contribution in [-0.2, 0) is 4.79 Å². The minimum absolute atomic E-state index is 0.169. The van der Waals surface area contributed by atoms with Crippen molar-refractivity contribution in [2.75, 3.05) is 42.9 Å². The highest BCUT2D eigenvalue weighted by atomic mass is 16.2. The first-order chi connectivity index (χ1) is 14.3. The lowest BCUT2D eigenvalue weighted by Gasteiger charge is -2.35. The van der Waals surface area contributed by atoms with Crippen LogP contribution in [0.15, 0.2) is 36.5 Å². The summed E-state index contributed by atoms with van der Waals surface area (Å²) in [5.74, 6) is 3.31. The SMILES string of the molecule is O=C(CCNc1ccc2nnc(C3CC3)n2n1)N1CCN(c2ccccn2)CC1. The molecule has 0 bridgehead atoms. The lowest BCUT2D eigenvalue weighted by atomic mass is 10.2. The summed E-state index contributed by atoms with van der Waals surface area (Å²) in [6.07, 6.45) is 4.56. The van der Waals surface area contributed by atoms with Crippen LogP contribution in [0.5, 0.6) is 0 Å². The zero-order chi connectivity index (χ0) is 19.6. The predicted octanol–water partition coefficient (Wildman–Crippen LogP) is 1.55. The second-order valence-corrected chi connectivity index (χ2v) is 7.55. The third kappa shape index (κ3) is 3.85. The van der Waals surface area contributed by atoms with Crippen LogP contribution in [0, 0.1) is 0 Å². The van der Waals surface area contributed by atoms with Gasteiger partial charge in [0, 0.05) is 51.3 Å². The summed E-state index contributed by atoms with van der Waals surface area (Å²) < 4.78 is 1.82. The summed E-state index contributed by atoms with van der Waals surface area (Å²) in [6, 6.07) is 9.71.